The van der Waals surface area contributed by atoms with Gasteiger partial charge in [-0.1, -0.05) is 18.3 Å². The van der Waals surface area contributed by atoms with Gasteiger partial charge in [-0.3, -0.25) is 9.59 Å². The number of carbonyl (C=O) groups is 2. The topological polar surface area (TPSA) is 91.6 Å². The van der Waals surface area contributed by atoms with Crippen molar-refractivity contribution >= 4 is 34.1 Å². The average molecular weight is 313 g/mol. The molecular formula is C13H23N5O2S. The number of nitrogens with zero attached hydrogens (tertiary/aromatic N) is 3. The molecule has 3 N–H and O–H groups in total. The summed E-state index contributed by atoms with van der Waals surface area (Å²) < 4.78 is 0. The van der Waals surface area contributed by atoms with E-state index in [0.29, 0.717) is 23.1 Å². The van der Waals surface area contributed by atoms with Gasteiger partial charge in [-0.2, -0.15) is 0 Å². The molecule has 0 saturated carbocycles. The molecule has 7 nitrogen and oxygen atoms in total. The predicted molar refractivity (Wildman–Crippen MR) is 85.6 cm³/mol. The second-order valence-electron chi connectivity index (χ2n) is 4.78. The quantitative estimate of drug-likeness (QED) is 0.786. The van der Waals surface area contributed by atoms with E-state index in [1.165, 1.54) is 21.1 Å². The van der Waals surface area contributed by atoms with Crippen LogP contribution < -0.4 is 11.1 Å². The van der Waals surface area contributed by atoms with Crippen LogP contribution in [0.5, 0.6) is 0 Å². The molecule has 0 aliphatic carbocycles. The maximum atomic E-state index is 12.5. The third-order valence-corrected chi connectivity index (χ3v) is 3.80. The Bertz CT molecular complexity index is 501. The highest BCUT2D eigenvalue weighted by Crippen LogP contribution is 2.26. The summed E-state index contributed by atoms with van der Waals surface area (Å²) in [4.78, 5) is 31.9. The third kappa shape index (κ3) is 4.59. The standard InChI is InChI=1S/C13H23N5O2S/c1-5-7-18(8-9(19)17(3)4)12(20)10-11(14)16-13(21-10)15-6-2/h5-8,14H2,1-4H3,(H,15,16). The molecule has 0 aliphatic rings. The number of carbonyl (C=O) groups excluding carboxylic acids is 2. The lowest BCUT2D eigenvalue weighted by molar-refractivity contribution is -0.129. The fourth-order valence-corrected chi connectivity index (χ4v) is 2.60. The van der Waals surface area contributed by atoms with Crippen molar-refractivity contribution < 1.29 is 9.59 Å². The molecule has 0 bridgehead atoms. The Morgan fingerprint density at radius 3 is 2.52 bits per heavy atom. The van der Waals surface area contributed by atoms with Crippen molar-refractivity contribution in [1.82, 2.24) is 14.8 Å². The molecule has 8 heteroatoms. The van der Waals surface area contributed by atoms with Gasteiger partial charge in [0.1, 0.15) is 17.2 Å². The van der Waals surface area contributed by atoms with Crippen LogP contribution in [0.2, 0.25) is 0 Å². The molecular weight excluding hydrogens is 290 g/mol. The number of anilines is 2. The summed E-state index contributed by atoms with van der Waals surface area (Å²) in [5.74, 6) is -0.155. The molecule has 118 valence electrons. The first kappa shape index (κ1) is 17.2. The van der Waals surface area contributed by atoms with Crippen molar-refractivity contribution in [2.45, 2.75) is 20.3 Å². The Morgan fingerprint density at radius 2 is 2.00 bits per heavy atom. The predicted octanol–water partition coefficient (Wildman–Crippen LogP) is 1.10. The lowest BCUT2D eigenvalue weighted by Crippen LogP contribution is -2.40. The number of thiazole rings is 1. The van der Waals surface area contributed by atoms with Gasteiger partial charge < -0.3 is 20.9 Å². The molecule has 1 heterocycles. The summed E-state index contributed by atoms with van der Waals surface area (Å²) >= 11 is 1.22. The number of hydrogen-bond donors (Lipinski definition) is 2. The summed E-state index contributed by atoms with van der Waals surface area (Å²) in [6.07, 6.45) is 0.769. The molecule has 2 amide bonds. The molecule has 21 heavy (non-hydrogen) atoms. The minimum absolute atomic E-state index is 0.0492. The SMILES string of the molecule is CCCN(CC(=O)N(C)C)C(=O)c1sc(NCC)nc1N. The summed E-state index contributed by atoms with van der Waals surface area (Å²) in [6.45, 7) is 5.16. The van der Waals surface area contributed by atoms with E-state index < -0.39 is 0 Å². The minimum Gasteiger partial charge on any atom is -0.382 e. The number of aromatic nitrogens is 1. The molecule has 0 saturated heterocycles. The van der Waals surface area contributed by atoms with E-state index >= 15 is 0 Å². The number of rotatable bonds is 7. The fraction of sp³-hybridized carbons (Fsp3) is 0.615. The van der Waals surface area contributed by atoms with E-state index in [4.69, 9.17) is 5.73 Å². The van der Waals surface area contributed by atoms with Crippen LogP contribution in [0.3, 0.4) is 0 Å². The van der Waals surface area contributed by atoms with Crippen molar-refractivity contribution in [1.29, 1.82) is 0 Å². The molecule has 0 fully saturated rings. The van der Waals surface area contributed by atoms with Crippen LogP contribution >= 0.6 is 11.3 Å². The average Bonchev–Trinajstić information content (AvgIpc) is 2.78. The van der Waals surface area contributed by atoms with Crippen molar-refractivity contribution in [3.05, 3.63) is 4.88 Å². The van der Waals surface area contributed by atoms with Gasteiger partial charge in [0.05, 0.1) is 0 Å². The monoisotopic (exact) mass is 313 g/mol. The zero-order valence-electron chi connectivity index (χ0n) is 13.0. The van der Waals surface area contributed by atoms with Crippen molar-refractivity contribution in [3.63, 3.8) is 0 Å². The van der Waals surface area contributed by atoms with Gasteiger partial charge in [0.15, 0.2) is 5.13 Å². The molecule has 0 radical (unpaired) electrons. The van der Waals surface area contributed by atoms with Crippen LogP contribution in [0.15, 0.2) is 0 Å². The van der Waals surface area contributed by atoms with Crippen molar-refractivity contribution in [2.75, 3.05) is 44.8 Å². The zero-order valence-corrected chi connectivity index (χ0v) is 13.8. The van der Waals surface area contributed by atoms with Crippen LogP contribution in [-0.2, 0) is 4.79 Å². The molecule has 1 aromatic rings. The number of nitrogens with one attached hydrogen (secondary N) is 1. The second-order valence-corrected chi connectivity index (χ2v) is 5.78. The van der Waals surface area contributed by atoms with E-state index in [1.807, 2.05) is 13.8 Å². The lowest BCUT2D eigenvalue weighted by Gasteiger charge is -2.22. The van der Waals surface area contributed by atoms with Gasteiger partial charge in [0.2, 0.25) is 5.91 Å². The lowest BCUT2D eigenvalue weighted by atomic mass is 10.3. The van der Waals surface area contributed by atoms with Crippen LogP contribution in [0.1, 0.15) is 29.9 Å². The van der Waals surface area contributed by atoms with E-state index in [-0.39, 0.29) is 24.2 Å². The van der Waals surface area contributed by atoms with Crippen molar-refractivity contribution in [2.24, 2.45) is 0 Å². The minimum atomic E-state index is -0.244. The van der Waals surface area contributed by atoms with Gasteiger partial charge in [-0.25, -0.2) is 4.98 Å². The summed E-state index contributed by atoms with van der Waals surface area (Å²) in [5, 5.41) is 3.65. The number of hydrogen-bond acceptors (Lipinski definition) is 6. The molecule has 0 spiro atoms. The highest BCUT2D eigenvalue weighted by atomic mass is 32.1. The Morgan fingerprint density at radius 1 is 1.33 bits per heavy atom. The number of nitrogen functional groups attached to an aromatic ring is 1. The molecule has 0 aliphatic heterocycles. The van der Waals surface area contributed by atoms with E-state index in [9.17, 15) is 9.59 Å². The third-order valence-electron chi connectivity index (χ3n) is 2.78. The van der Waals surface area contributed by atoms with Gasteiger partial charge >= 0.3 is 0 Å². The molecule has 0 unspecified atom stereocenters. The first-order valence-corrected chi connectivity index (χ1v) is 7.71. The summed E-state index contributed by atoms with van der Waals surface area (Å²) in [7, 11) is 3.34. The fourth-order valence-electron chi connectivity index (χ4n) is 1.68. The first-order chi connectivity index (χ1) is 9.90. The number of amides is 2. The number of likely N-dealkylation sites (N-methyl/N-ethyl adjacent to an activating group) is 1. The molecule has 1 aromatic heterocycles. The Hall–Kier alpha value is -1.83. The Kier molecular flexibility index (Phi) is 6.41. The Labute approximate surface area is 129 Å². The first-order valence-electron chi connectivity index (χ1n) is 6.90. The van der Waals surface area contributed by atoms with Gasteiger partial charge in [0, 0.05) is 27.2 Å². The summed E-state index contributed by atoms with van der Waals surface area (Å²) in [5.41, 5.74) is 5.81. The van der Waals surface area contributed by atoms with Gasteiger partial charge in [-0.05, 0) is 13.3 Å². The summed E-state index contributed by atoms with van der Waals surface area (Å²) in [6, 6.07) is 0. The van der Waals surface area contributed by atoms with Crippen LogP contribution in [0.25, 0.3) is 0 Å². The highest BCUT2D eigenvalue weighted by Gasteiger charge is 2.24. The maximum Gasteiger partial charge on any atom is 0.268 e. The molecule has 0 aromatic carbocycles. The van der Waals surface area contributed by atoms with Crippen LogP contribution in [0, 0.1) is 0 Å². The highest BCUT2D eigenvalue weighted by molar-refractivity contribution is 7.18. The maximum absolute atomic E-state index is 12.5. The Balaban J connectivity index is 2.92. The zero-order chi connectivity index (χ0) is 16.0. The van der Waals surface area contributed by atoms with Crippen LogP contribution in [-0.4, -0.2) is 60.3 Å². The molecule has 0 atom stereocenters. The van der Waals surface area contributed by atoms with Crippen LogP contribution in [0.4, 0.5) is 10.9 Å². The smallest absolute Gasteiger partial charge is 0.268 e. The van der Waals surface area contributed by atoms with E-state index in [1.54, 1.807) is 14.1 Å². The normalized spacial score (nSPS) is 10.3. The van der Waals surface area contributed by atoms with Crippen molar-refractivity contribution in [3.8, 4) is 0 Å². The largest absolute Gasteiger partial charge is 0.382 e. The van der Waals surface area contributed by atoms with Gasteiger partial charge in [-0.15, -0.1) is 0 Å². The van der Waals surface area contributed by atoms with Gasteiger partial charge in [0.25, 0.3) is 5.91 Å². The second kappa shape index (κ2) is 7.82. The molecule has 1 rings (SSSR count). The van der Waals surface area contributed by atoms with E-state index in [0.717, 1.165) is 6.42 Å². The number of nitrogens with two attached hydrogens (primary N) is 1. The van der Waals surface area contributed by atoms with E-state index in [2.05, 4.69) is 10.3 Å².